The lowest BCUT2D eigenvalue weighted by Gasteiger charge is -2.39. The Morgan fingerprint density at radius 3 is 2.83 bits per heavy atom. The first-order valence-electron chi connectivity index (χ1n) is 9.93. The van der Waals surface area contributed by atoms with Crippen LogP contribution in [0.4, 0.5) is 0 Å². The molecule has 4 rings (SSSR count). The van der Waals surface area contributed by atoms with Crippen LogP contribution in [0.1, 0.15) is 47.3 Å². The van der Waals surface area contributed by atoms with Gasteiger partial charge < -0.3 is 10.6 Å². The van der Waals surface area contributed by atoms with E-state index in [4.69, 9.17) is 5.73 Å². The smallest absolute Gasteiger partial charge is 0.290 e. The molecule has 2 atom stereocenters. The van der Waals surface area contributed by atoms with E-state index in [2.05, 4.69) is 22.1 Å². The number of carbonyl (C=O) groups excluding carboxylic acids is 3. The van der Waals surface area contributed by atoms with Crippen molar-refractivity contribution in [2.24, 2.45) is 11.7 Å². The predicted octanol–water partition coefficient (Wildman–Crippen LogP) is 2.17. The van der Waals surface area contributed by atoms with Gasteiger partial charge >= 0.3 is 0 Å². The van der Waals surface area contributed by atoms with Crippen LogP contribution in [0.3, 0.4) is 0 Å². The number of H-pyrrole nitrogens is 1. The molecule has 30 heavy (non-hydrogen) atoms. The van der Waals surface area contributed by atoms with E-state index in [1.54, 1.807) is 11.1 Å². The first kappa shape index (κ1) is 19.8. The third-order valence-electron chi connectivity index (χ3n) is 5.64. The number of ketones is 1. The number of fused-ring (bicyclic) bond motifs is 1. The standard InChI is InChI=1S/C22H23N5O3/c1-13-5-6-19(16-3-2-4-18-17(16)11-25-26-18)27(12-13)22(30)20(28)8-14-7-15(21(23)29)10-24-9-14/h2-4,7,9-11,13,19H,5-6,8,12H2,1H3,(H2,23,29)(H,25,26)/t13-,19+/m0/s1. The summed E-state index contributed by atoms with van der Waals surface area (Å²) in [6, 6.07) is 7.17. The highest BCUT2D eigenvalue weighted by Crippen LogP contribution is 2.36. The number of amides is 2. The summed E-state index contributed by atoms with van der Waals surface area (Å²) in [6.07, 6.45) is 6.20. The molecular formula is C22H23N5O3. The summed E-state index contributed by atoms with van der Waals surface area (Å²) in [6.45, 7) is 2.60. The molecular weight excluding hydrogens is 382 g/mol. The van der Waals surface area contributed by atoms with Gasteiger partial charge in [-0.25, -0.2) is 0 Å². The van der Waals surface area contributed by atoms with E-state index < -0.39 is 17.6 Å². The van der Waals surface area contributed by atoms with E-state index in [1.807, 2.05) is 18.2 Å². The van der Waals surface area contributed by atoms with Gasteiger partial charge in [0.05, 0.1) is 23.3 Å². The molecule has 154 valence electrons. The Balaban J connectivity index is 1.60. The fraction of sp³-hybridized carbons (Fsp3) is 0.318. The van der Waals surface area contributed by atoms with E-state index in [0.29, 0.717) is 18.0 Å². The number of aromatic nitrogens is 3. The van der Waals surface area contributed by atoms with Gasteiger partial charge in [-0.3, -0.25) is 24.5 Å². The van der Waals surface area contributed by atoms with Crippen molar-refractivity contribution in [3.05, 3.63) is 59.5 Å². The van der Waals surface area contributed by atoms with Crippen LogP contribution >= 0.6 is 0 Å². The number of benzene rings is 1. The molecule has 1 saturated heterocycles. The van der Waals surface area contributed by atoms with E-state index in [0.717, 1.165) is 29.3 Å². The summed E-state index contributed by atoms with van der Waals surface area (Å²) in [5.41, 5.74) is 7.87. The monoisotopic (exact) mass is 405 g/mol. The van der Waals surface area contributed by atoms with Crippen LogP contribution in [-0.2, 0) is 16.0 Å². The molecule has 0 saturated carbocycles. The van der Waals surface area contributed by atoms with Crippen molar-refractivity contribution < 1.29 is 14.4 Å². The Morgan fingerprint density at radius 1 is 1.20 bits per heavy atom. The predicted molar refractivity (Wildman–Crippen MR) is 110 cm³/mol. The van der Waals surface area contributed by atoms with Gasteiger partial charge in [-0.15, -0.1) is 0 Å². The highest BCUT2D eigenvalue weighted by atomic mass is 16.2. The van der Waals surface area contributed by atoms with Crippen LogP contribution in [0, 0.1) is 5.92 Å². The largest absolute Gasteiger partial charge is 0.366 e. The Kier molecular flexibility index (Phi) is 5.31. The summed E-state index contributed by atoms with van der Waals surface area (Å²) in [4.78, 5) is 43.0. The molecule has 1 aromatic carbocycles. The first-order chi connectivity index (χ1) is 14.4. The molecule has 3 heterocycles. The lowest BCUT2D eigenvalue weighted by Crippen LogP contribution is -2.45. The molecule has 0 radical (unpaired) electrons. The van der Waals surface area contributed by atoms with Crippen molar-refractivity contribution in [2.45, 2.75) is 32.2 Å². The number of pyridine rings is 1. The minimum Gasteiger partial charge on any atom is -0.366 e. The second-order valence-corrected chi connectivity index (χ2v) is 7.88. The van der Waals surface area contributed by atoms with Crippen molar-refractivity contribution in [1.29, 1.82) is 0 Å². The van der Waals surface area contributed by atoms with Gasteiger partial charge in [0, 0.05) is 30.7 Å². The zero-order valence-corrected chi connectivity index (χ0v) is 16.7. The number of likely N-dealkylation sites (tertiary alicyclic amines) is 1. The molecule has 1 aliphatic heterocycles. The zero-order valence-electron chi connectivity index (χ0n) is 16.7. The minimum absolute atomic E-state index is 0.125. The second kappa shape index (κ2) is 8.06. The van der Waals surface area contributed by atoms with E-state index in [-0.39, 0.29) is 18.0 Å². The maximum atomic E-state index is 13.2. The molecule has 8 nitrogen and oxygen atoms in total. The highest BCUT2D eigenvalue weighted by Gasteiger charge is 2.34. The van der Waals surface area contributed by atoms with Crippen LogP contribution in [0.15, 0.2) is 42.9 Å². The molecule has 1 fully saturated rings. The molecule has 1 aliphatic rings. The molecule has 0 unspecified atom stereocenters. The average molecular weight is 405 g/mol. The van der Waals surface area contributed by atoms with Crippen molar-refractivity contribution in [2.75, 3.05) is 6.54 Å². The molecule has 0 spiro atoms. The topological polar surface area (TPSA) is 122 Å². The number of carbonyl (C=O) groups is 3. The molecule has 0 bridgehead atoms. The number of nitrogens with zero attached hydrogens (tertiary/aromatic N) is 3. The quantitative estimate of drug-likeness (QED) is 0.630. The Hall–Kier alpha value is -3.55. The van der Waals surface area contributed by atoms with Crippen molar-refractivity contribution >= 4 is 28.5 Å². The van der Waals surface area contributed by atoms with Crippen LogP contribution in [0.2, 0.25) is 0 Å². The number of piperidine rings is 1. The summed E-state index contributed by atoms with van der Waals surface area (Å²) in [5, 5.41) is 8.03. The van der Waals surface area contributed by atoms with Crippen molar-refractivity contribution in [3.8, 4) is 0 Å². The van der Waals surface area contributed by atoms with Crippen molar-refractivity contribution in [1.82, 2.24) is 20.1 Å². The first-order valence-corrected chi connectivity index (χ1v) is 9.93. The van der Waals surface area contributed by atoms with Gasteiger partial charge in [0.1, 0.15) is 0 Å². The zero-order chi connectivity index (χ0) is 21.3. The maximum absolute atomic E-state index is 13.2. The molecule has 2 aromatic heterocycles. The number of hydrogen-bond donors (Lipinski definition) is 2. The molecule has 3 N–H and O–H groups in total. The molecule has 8 heteroatoms. The highest BCUT2D eigenvalue weighted by molar-refractivity contribution is 6.36. The summed E-state index contributed by atoms with van der Waals surface area (Å²) in [7, 11) is 0. The molecule has 3 aromatic rings. The number of Topliss-reactive ketones (excluding diaryl/α,β-unsaturated/α-hetero) is 1. The fourth-order valence-corrected chi connectivity index (χ4v) is 4.12. The Bertz CT molecular complexity index is 1120. The van der Waals surface area contributed by atoms with Crippen LogP contribution in [0.25, 0.3) is 10.9 Å². The molecule has 0 aliphatic carbocycles. The fourth-order valence-electron chi connectivity index (χ4n) is 4.12. The summed E-state index contributed by atoms with van der Waals surface area (Å²) in [5.74, 6) is -1.36. The van der Waals surface area contributed by atoms with Crippen LogP contribution < -0.4 is 5.73 Å². The number of aromatic amines is 1. The molecule has 2 amide bonds. The maximum Gasteiger partial charge on any atom is 0.290 e. The Labute approximate surface area is 173 Å². The van der Waals surface area contributed by atoms with Gasteiger partial charge in [-0.1, -0.05) is 19.1 Å². The lowest BCUT2D eigenvalue weighted by atomic mass is 9.88. The van der Waals surface area contributed by atoms with Gasteiger partial charge in [0.25, 0.3) is 5.91 Å². The normalized spacial score (nSPS) is 19.0. The van der Waals surface area contributed by atoms with E-state index in [1.165, 1.54) is 18.5 Å². The van der Waals surface area contributed by atoms with E-state index >= 15 is 0 Å². The van der Waals surface area contributed by atoms with Crippen molar-refractivity contribution in [3.63, 3.8) is 0 Å². The van der Waals surface area contributed by atoms with Gasteiger partial charge in [-0.2, -0.15) is 5.10 Å². The number of nitrogens with one attached hydrogen (secondary N) is 1. The number of hydrogen-bond acceptors (Lipinski definition) is 5. The van der Waals surface area contributed by atoms with E-state index in [9.17, 15) is 14.4 Å². The van der Waals surface area contributed by atoms with Gasteiger partial charge in [0.2, 0.25) is 11.7 Å². The summed E-state index contributed by atoms with van der Waals surface area (Å²) >= 11 is 0. The SMILES string of the molecule is C[C@H]1CC[C@H](c2cccc3[nH]ncc23)N(C(=O)C(=O)Cc2cncc(C(N)=O)c2)C1. The average Bonchev–Trinajstić information content (AvgIpc) is 3.22. The lowest BCUT2D eigenvalue weighted by molar-refractivity contribution is -0.147. The van der Waals surface area contributed by atoms with Gasteiger partial charge in [-0.05, 0) is 42.0 Å². The Morgan fingerprint density at radius 2 is 2.03 bits per heavy atom. The third-order valence-corrected chi connectivity index (χ3v) is 5.64. The van der Waals surface area contributed by atoms with Crippen LogP contribution in [-0.4, -0.2) is 44.2 Å². The number of primary amides is 1. The number of rotatable bonds is 5. The number of nitrogens with two attached hydrogens (primary N) is 1. The van der Waals surface area contributed by atoms with Crippen LogP contribution in [0.5, 0.6) is 0 Å². The summed E-state index contributed by atoms with van der Waals surface area (Å²) < 4.78 is 0. The second-order valence-electron chi connectivity index (χ2n) is 7.88. The third kappa shape index (κ3) is 3.80. The minimum atomic E-state index is -0.624. The van der Waals surface area contributed by atoms with Gasteiger partial charge in [0.15, 0.2) is 0 Å².